The van der Waals surface area contributed by atoms with Crippen molar-refractivity contribution in [3.8, 4) is 0 Å². The predicted molar refractivity (Wildman–Crippen MR) is 69.9 cm³/mol. The number of anilines is 1. The molecule has 0 bridgehead atoms. The van der Waals surface area contributed by atoms with Gasteiger partial charge in [0.15, 0.2) is 0 Å². The summed E-state index contributed by atoms with van der Waals surface area (Å²) in [5.74, 6) is -1.52. The van der Waals surface area contributed by atoms with Crippen molar-refractivity contribution in [2.75, 3.05) is 5.32 Å². The molecule has 1 atom stereocenters. The molecular weight excluding hydrogens is 289 g/mol. The molecule has 0 aliphatic rings. The van der Waals surface area contributed by atoms with E-state index in [2.05, 4.69) is 10.6 Å². The maximum atomic E-state index is 12.4. The van der Waals surface area contributed by atoms with Gasteiger partial charge >= 0.3 is 18.2 Å². The van der Waals surface area contributed by atoms with Crippen molar-refractivity contribution in [3.05, 3.63) is 29.8 Å². The molecule has 3 N–H and O–H groups in total. The van der Waals surface area contributed by atoms with Crippen LogP contribution in [0.1, 0.15) is 19.4 Å². The number of carbonyl (C=O) groups excluding carboxylic acids is 1. The summed E-state index contributed by atoms with van der Waals surface area (Å²) in [6.45, 7) is 3.24. The molecule has 5 nitrogen and oxygen atoms in total. The first kappa shape index (κ1) is 16.8. The Morgan fingerprint density at radius 1 is 1.14 bits per heavy atom. The van der Waals surface area contributed by atoms with Gasteiger partial charge in [0.25, 0.3) is 0 Å². The van der Waals surface area contributed by atoms with Gasteiger partial charge in [-0.25, -0.2) is 9.59 Å². The largest absolute Gasteiger partial charge is 0.480 e. The molecule has 0 aromatic heterocycles. The summed E-state index contributed by atoms with van der Waals surface area (Å²) >= 11 is 0. The zero-order valence-electron chi connectivity index (χ0n) is 11.4. The molecule has 1 unspecified atom stereocenters. The van der Waals surface area contributed by atoms with E-state index in [1.54, 1.807) is 13.8 Å². The average molecular weight is 304 g/mol. The normalized spacial score (nSPS) is 12.9. The second-order valence-corrected chi connectivity index (χ2v) is 4.73. The van der Waals surface area contributed by atoms with Crippen LogP contribution in [-0.4, -0.2) is 23.1 Å². The van der Waals surface area contributed by atoms with Crippen molar-refractivity contribution < 1.29 is 27.9 Å². The van der Waals surface area contributed by atoms with Crippen LogP contribution < -0.4 is 10.6 Å². The van der Waals surface area contributed by atoms with Crippen molar-refractivity contribution in [1.82, 2.24) is 5.32 Å². The van der Waals surface area contributed by atoms with Crippen LogP contribution in [0.5, 0.6) is 0 Å². The molecule has 21 heavy (non-hydrogen) atoms. The number of carboxylic acid groups (broad SMARTS) is 1. The first-order valence-corrected chi connectivity index (χ1v) is 6.09. The van der Waals surface area contributed by atoms with Gasteiger partial charge in [-0.3, -0.25) is 0 Å². The SMILES string of the molecule is CC(C)C(NC(=O)Nc1ccc(C(F)(F)F)cc1)C(=O)O. The zero-order chi connectivity index (χ0) is 16.2. The van der Waals surface area contributed by atoms with E-state index in [4.69, 9.17) is 5.11 Å². The maximum Gasteiger partial charge on any atom is 0.416 e. The third-order valence-electron chi connectivity index (χ3n) is 2.69. The Kier molecular flexibility index (Phi) is 5.17. The van der Waals surface area contributed by atoms with Crippen LogP contribution in [0.25, 0.3) is 0 Å². The molecular formula is C13H15F3N2O3. The van der Waals surface area contributed by atoms with Gasteiger partial charge < -0.3 is 15.7 Å². The number of urea groups is 1. The van der Waals surface area contributed by atoms with Crippen molar-refractivity contribution in [2.24, 2.45) is 5.92 Å². The van der Waals surface area contributed by atoms with Crippen LogP contribution in [0, 0.1) is 5.92 Å². The molecule has 0 aliphatic heterocycles. The van der Waals surface area contributed by atoms with Gasteiger partial charge in [0.2, 0.25) is 0 Å². The number of halogens is 3. The molecule has 0 saturated heterocycles. The first-order chi connectivity index (χ1) is 9.61. The Bertz CT molecular complexity index is 512. The fourth-order valence-corrected chi connectivity index (χ4v) is 1.56. The number of benzene rings is 1. The van der Waals surface area contributed by atoms with Crippen LogP contribution in [0.3, 0.4) is 0 Å². The lowest BCUT2D eigenvalue weighted by Crippen LogP contribution is -2.46. The Morgan fingerprint density at radius 2 is 1.67 bits per heavy atom. The summed E-state index contributed by atoms with van der Waals surface area (Å²) in [5.41, 5.74) is -0.701. The van der Waals surface area contributed by atoms with Crippen LogP contribution in [-0.2, 0) is 11.0 Å². The van der Waals surface area contributed by atoms with E-state index in [1.165, 1.54) is 0 Å². The Hall–Kier alpha value is -2.25. The lowest BCUT2D eigenvalue weighted by molar-refractivity contribution is -0.140. The number of rotatable bonds is 4. The molecule has 0 aliphatic carbocycles. The van der Waals surface area contributed by atoms with Crippen LogP contribution in [0.4, 0.5) is 23.7 Å². The molecule has 0 spiro atoms. The summed E-state index contributed by atoms with van der Waals surface area (Å²) in [7, 11) is 0. The number of nitrogens with one attached hydrogen (secondary N) is 2. The van der Waals surface area contributed by atoms with E-state index in [-0.39, 0.29) is 11.6 Å². The van der Waals surface area contributed by atoms with E-state index in [0.717, 1.165) is 24.3 Å². The quantitative estimate of drug-likeness (QED) is 0.800. The van der Waals surface area contributed by atoms with Crippen molar-refractivity contribution in [3.63, 3.8) is 0 Å². The number of amides is 2. The third kappa shape index (κ3) is 4.97. The molecule has 8 heteroatoms. The molecule has 1 aromatic rings. The minimum atomic E-state index is -4.45. The average Bonchev–Trinajstić information content (AvgIpc) is 2.34. The number of carboxylic acids is 1. The second kappa shape index (κ2) is 6.47. The fourth-order valence-electron chi connectivity index (χ4n) is 1.56. The van der Waals surface area contributed by atoms with Crippen LogP contribution >= 0.6 is 0 Å². The highest BCUT2D eigenvalue weighted by atomic mass is 19.4. The minimum Gasteiger partial charge on any atom is -0.480 e. The van der Waals surface area contributed by atoms with Gasteiger partial charge in [0.05, 0.1) is 5.56 Å². The first-order valence-electron chi connectivity index (χ1n) is 6.09. The summed E-state index contributed by atoms with van der Waals surface area (Å²) in [6.07, 6.45) is -4.45. The van der Waals surface area contributed by atoms with Crippen molar-refractivity contribution >= 4 is 17.7 Å². The van der Waals surface area contributed by atoms with E-state index in [1.807, 2.05) is 0 Å². The lowest BCUT2D eigenvalue weighted by atomic mass is 10.1. The van der Waals surface area contributed by atoms with E-state index >= 15 is 0 Å². The Labute approximate surface area is 119 Å². The standard InChI is InChI=1S/C13H15F3N2O3/c1-7(2)10(11(19)20)18-12(21)17-9-5-3-8(4-6-9)13(14,15)16/h3-7,10H,1-2H3,(H,19,20)(H2,17,18,21). The number of hydrogen-bond acceptors (Lipinski definition) is 2. The second-order valence-electron chi connectivity index (χ2n) is 4.73. The topological polar surface area (TPSA) is 78.4 Å². The minimum absolute atomic E-state index is 0.133. The molecule has 0 heterocycles. The Morgan fingerprint density at radius 3 is 2.05 bits per heavy atom. The van der Waals surface area contributed by atoms with Gasteiger partial charge in [0, 0.05) is 5.69 Å². The molecule has 116 valence electrons. The van der Waals surface area contributed by atoms with Crippen LogP contribution in [0.2, 0.25) is 0 Å². The maximum absolute atomic E-state index is 12.4. The smallest absolute Gasteiger partial charge is 0.416 e. The predicted octanol–water partition coefficient (Wildman–Crippen LogP) is 2.94. The number of aliphatic carboxylic acids is 1. The van der Waals surface area contributed by atoms with Crippen molar-refractivity contribution in [2.45, 2.75) is 26.1 Å². The van der Waals surface area contributed by atoms with Gasteiger partial charge in [-0.15, -0.1) is 0 Å². The molecule has 2 amide bonds. The van der Waals surface area contributed by atoms with E-state index in [0.29, 0.717) is 0 Å². The van der Waals surface area contributed by atoms with Crippen LogP contribution in [0.15, 0.2) is 24.3 Å². The van der Waals surface area contributed by atoms with Crippen molar-refractivity contribution in [1.29, 1.82) is 0 Å². The summed E-state index contributed by atoms with van der Waals surface area (Å²) in [5, 5.41) is 13.4. The molecule has 0 fully saturated rings. The summed E-state index contributed by atoms with van der Waals surface area (Å²) in [4.78, 5) is 22.5. The van der Waals surface area contributed by atoms with Gasteiger partial charge in [-0.2, -0.15) is 13.2 Å². The fraction of sp³-hybridized carbons (Fsp3) is 0.385. The molecule has 0 radical (unpaired) electrons. The highest BCUT2D eigenvalue weighted by molar-refractivity contribution is 5.92. The van der Waals surface area contributed by atoms with Gasteiger partial charge in [0.1, 0.15) is 6.04 Å². The number of alkyl halides is 3. The van der Waals surface area contributed by atoms with Gasteiger partial charge in [-0.1, -0.05) is 13.8 Å². The molecule has 1 rings (SSSR count). The van der Waals surface area contributed by atoms with E-state index in [9.17, 15) is 22.8 Å². The Balaban J connectivity index is 2.69. The third-order valence-corrected chi connectivity index (χ3v) is 2.69. The summed E-state index contributed by atoms with van der Waals surface area (Å²) < 4.78 is 37.1. The lowest BCUT2D eigenvalue weighted by Gasteiger charge is -2.18. The van der Waals surface area contributed by atoms with E-state index < -0.39 is 29.8 Å². The number of hydrogen-bond donors (Lipinski definition) is 3. The van der Waals surface area contributed by atoms with Gasteiger partial charge in [-0.05, 0) is 30.2 Å². The molecule has 0 saturated carbocycles. The monoisotopic (exact) mass is 304 g/mol. The number of carbonyl (C=O) groups is 2. The highest BCUT2D eigenvalue weighted by Gasteiger charge is 2.30. The highest BCUT2D eigenvalue weighted by Crippen LogP contribution is 2.29. The summed E-state index contributed by atoms with van der Waals surface area (Å²) in [6, 6.07) is 1.95. The zero-order valence-corrected chi connectivity index (χ0v) is 11.4. The molecule has 1 aromatic carbocycles.